The van der Waals surface area contributed by atoms with Gasteiger partial charge in [0.05, 0.1) is 80.0 Å². The van der Waals surface area contributed by atoms with Crippen LogP contribution < -0.4 is 15.4 Å². The molecule has 0 saturated carbocycles. The average molecular weight is 1030 g/mol. The van der Waals surface area contributed by atoms with Gasteiger partial charge in [-0.1, -0.05) is 101 Å². The second-order valence-electron chi connectivity index (χ2n) is 20.6. The van der Waals surface area contributed by atoms with E-state index in [1.807, 2.05) is 61.0 Å². The maximum absolute atomic E-state index is 14.3. The van der Waals surface area contributed by atoms with E-state index in [1.54, 1.807) is 53.7 Å². The lowest BCUT2D eigenvalue weighted by Crippen LogP contribution is -2.52. The Hall–Kier alpha value is -8.55. The summed E-state index contributed by atoms with van der Waals surface area (Å²) in [5, 5.41) is 10.6. The third-order valence-electron chi connectivity index (χ3n) is 14.4. The number of nitrogens with zero attached hydrogens (tertiary/aromatic N) is 6. The van der Waals surface area contributed by atoms with Gasteiger partial charge in [0.2, 0.25) is 12.1 Å². The van der Waals surface area contributed by atoms with Gasteiger partial charge in [-0.05, 0) is 64.9 Å². The van der Waals surface area contributed by atoms with Gasteiger partial charge in [0.1, 0.15) is 23.7 Å². The molecule has 76 heavy (non-hydrogen) atoms. The van der Waals surface area contributed by atoms with E-state index in [2.05, 4.69) is 71.7 Å². The molecule has 11 rings (SSSR count). The van der Waals surface area contributed by atoms with Gasteiger partial charge >= 0.3 is 12.2 Å². The fourth-order valence-corrected chi connectivity index (χ4v) is 10.3. The highest BCUT2D eigenvalue weighted by atomic mass is 16.7. The van der Waals surface area contributed by atoms with Crippen LogP contribution >= 0.6 is 0 Å². The van der Waals surface area contributed by atoms with Crippen molar-refractivity contribution < 1.29 is 42.9 Å². The number of likely N-dealkylation sites (tertiary alicyclic amines) is 1. The minimum atomic E-state index is -1.02. The molecule has 4 N–H and O–H groups in total. The minimum absolute atomic E-state index is 0.0622. The molecule has 2 saturated heterocycles. The quantitative estimate of drug-likeness (QED) is 0.0952. The SMILES string of the molecule is COC(=O)N[C@H](C(=O)n1cccc1-c1ncc(-c2ccc3c(c2)O[C@@H](c2ccc(C(C)(C)C)cc2)n2nc(-c4ccc5nc([C@@H]6CC7(CN6C(=O)[C@@H](NC(=O)OC)C(C)C)OCCO7)[nH]c5c4)cc2-3)[nH]1)c1ccccc1. The summed E-state index contributed by atoms with van der Waals surface area (Å²) in [5.74, 6) is -0.274. The predicted octanol–water partition coefficient (Wildman–Crippen LogP) is 9.32. The first-order valence-electron chi connectivity index (χ1n) is 25.2. The third kappa shape index (κ3) is 9.25. The van der Waals surface area contributed by atoms with Crippen molar-refractivity contribution in [2.24, 2.45) is 5.92 Å². The molecule has 4 atom stereocenters. The Bertz CT molecular complexity index is 3490. The van der Waals surface area contributed by atoms with E-state index >= 15 is 0 Å². The van der Waals surface area contributed by atoms with Gasteiger partial charge in [0.15, 0.2) is 11.6 Å². The number of aromatic nitrogens is 7. The lowest BCUT2D eigenvalue weighted by atomic mass is 9.86. The summed E-state index contributed by atoms with van der Waals surface area (Å²) in [4.78, 5) is 71.5. The molecule has 19 nitrogen and oxygen atoms in total. The number of carbonyl (C=O) groups is 4. The van der Waals surface area contributed by atoms with E-state index in [0.29, 0.717) is 65.2 Å². The van der Waals surface area contributed by atoms with Gasteiger partial charge in [-0.15, -0.1) is 0 Å². The molecular formula is C57H58N10O9. The molecule has 0 bridgehead atoms. The van der Waals surface area contributed by atoms with Gasteiger partial charge in [-0.25, -0.2) is 24.2 Å². The van der Waals surface area contributed by atoms with Crippen molar-refractivity contribution in [1.82, 2.24) is 49.8 Å². The molecule has 4 aromatic carbocycles. The zero-order valence-electron chi connectivity index (χ0n) is 43.1. The summed E-state index contributed by atoms with van der Waals surface area (Å²) in [6, 6.07) is 32.5. The van der Waals surface area contributed by atoms with E-state index in [-0.39, 0.29) is 23.8 Å². The second kappa shape index (κ2) is 19.6. The van der Waals surface area contributed by atoms with E-state index in [4.69, 9.17) is 38.8 Å². The predicted molar refractivity (Wildman–Crippen MR) is 281 cm³/mol. The Balaban J connectivity index is 0.920. The smallest absolute Gasteiger partial charge is 0.407 e. The van der Waals surface area contributed by atoms with Crippen molar-refractivity contribution in [3.63, 3.8) is 0 Å². The molecule has 390 valence electrons. The normalized spacial score (nSPS) is 17.5. The summed E-state index contributed by atoms with van der Waals surface area (Å²) < 4.78 is 32.3. The van der Waals surface area contributed by atoms with Gasteiger partial charge in [0, 0.05) is 34.9 Å². The first-order valence-corrected chi connectivity index (χ1v) is 25.2. The Morgan fingerprint density at radius 3 is 2.26 bits per heavy atom. The lowest BCUT2D eigenvalue weighted by Gasteiger charge is -2.30. The van der Waals surface area contributed by atoms with Crippen molar-refractivity contribution >= 4 is 35.0 Å². The number of H-pyrrole nitrogens is 2. The Morgan fingerprint density at radius 1 is 0.803 bits per heavy atom. The highest BCUT2D eigenvalue weighted by Crippen LogP contribution is 2.46. The van der Waals surface area contributed by atoms with Crippen molar-refractivity contribution in [2.45, 2.75) is 76.6 Å². The number of carbonyl (C=O) groups excluding carboxylic acids is 4. The molecule has 0 unspecified atom stereocenters. The van der Waals surface area contributed by atoms with Gasteiger partial charge in [-0.2, -0.15) is 5.10 Å². The van der Waals surface area contributed by atoms with E-state index in [1.165, 1.54) is 24.4 Å². The molecule has 4 aromatic heterocycles. The number of aromatic amines is 2. The molecule has 3 aliphatic rings. The molecular weight excluding hydrogens is 969 g/mol. The van der Waals surface area contributed by atoms with Crippen molar-refractivity contribution in [3.05, 3.63) is 144 Å². The number of fused-ring (bicyclic) bond motifs is 4. The van der Waals surface area contributed by atoms with Crippen LogP contribution in [0, 0.1) is 5.92 Å². The molecule has 3 amide bonds. The van der Waals surface area contributed by atoms with Gasteiger partial charge < -0.3 is 49.2 Å². The first-order chi connectivity index (χ1) is 36.6. The van der Waals surface area contributed by atoms with Crippen LogP contribution in [-0.4, -0.2) is 109 Å². The van der Waals surface area contributed by atoms with Gasteiger partial charge in [-0.3, -0.25) is 14.2 Å². The fraction of sp³-hybridized carbons (Fsp3) is 0.316. The van der Waals surface area contributed by atoms with Crippen molar-refractivity contribution in [1.29, 1.82) is 0 Å². The number of benzene rings is 4. The summed E-state index contributed by atoms with van der Waals surface area (Å²) in [5.41, 5.74) is 9.25. The molecule has 19 heteroatoms. The zero-order valence-corrected chi connectivity index (χ0v) is 43.1. The third-order valence-corrected chi connectivity index (χ3v) is 14.4. The summed E-state index contributed by atoms with van der Waals surface area (Å²) in [7, 11) is 2.52. The van der Waals surface area contributed by atoms with Crippen LogP contribution in [0.25, 0.3) is 56.3 Å². The Kier molecular flexibility index (Phi) is 12.8. The molecule has 2 fully saturated rings. The monoisotopic (exact) mass is 1030 g/mol. The number of alkyl carbamates (subject to hydrolysis) is 2. The fourth-order valence-electron chi connectivity index (χ4n) is 10.3. The van der Waals surface area contributed by atoms with Crippen molar-refractivity contribution in [2.75, 3.05) is 34.0 Å². The molecule has 0 aliphatic carbocycles. The van der Waals surface area contributed by atoms with Crippen LogP contribution in [0.15, 0.2) is 122 Å². The van der Waals surface area contributed by atoms with E-state index < -0.39 is 48.2 Å². The number of ether oxygens (including phenoxy) is 5. The highest BCUT2D eigenvalue weighted by Gasteiger charge is 2.53. The molecule has 8 aromatic rings. The average Bonchev–Trinajstić information content (AvgIpc) is 4.32. The van der Waals surface area contributed by atoms with Crippen LogP contribution in [0.3, 0.4) is 0 Å². The molecule has 3 aliphatic heterocycles. The van der Waals surface area contributed by atoms with Crippen LogP contribution in [0.5, 0.6) is 5.75 Å². The second-order valence-corrected chi connectivity index (χ2v) is 20.6. The number of hydrogen-bond acceptors (Lipinski definition) is 12. The maximum atomic E-state index is 14.3. The minimum Gasteiger partial charge on any atom is -0.464 e. The zero-order chi connectivity index (χ0) is 53.0. The van der Waals surface area contributed by atoms with Crippen molar-refractivity contribution in [3.8, 4) is 51.0 Å². The summed E-state index contributed by atoms with van der Waals surface area (Å²) in [6.45, 7) is 11.3. The van der Waals surface area contributed by atoms with Gasteiger partial charge in [0.25, 0.3) is 5.91 Å². The van der Waals surface area contributed by atoms with Crippen LogP contribution in [0.4, 0.5) is 9.59 Å². The number of hydrogen-bond donors (Lipinski definition) is 4. The Labute approximate surface area is 437 Å². The lowest BCUT2D eigenvalue weighted by molar-refractivity contribution is -0.153. The number of rotatable bonds is 11. The molecule has 0 radical (unpaired) electrons. The number of amides is 3. The van der Waals surface area contributed by atoms with E-state index in [9.17, 15) is 19.2 Å². The number of methoxy groups -OCH3 is 2. The maximum Gasteiger partial charge on any atom is 0.407 e. The first kappa shape index (κ1) is 49.7. The van der Waals surface area contributed by atoms with E-state index in [0.717, 1.165) is 33.5 Å². The Morgan fingerprint density at radius 2 is 1.54 bits per heavy atom. The summed E-state index contributed by atoms with van der Waals surface area (Å²) >= 11 is 0. The topological polar surface area (TPSA) is 222 Å². The summed E-state index contributed by atoms with van der Waals surface area (Å²) in [6.07, 6.45) is 1.65. The molecule has 1 spiro atoms. The number of nitrogens with one attached hydrogen (secondary N) is 4. The highest BCUT2D eigenvalue weighted by molar-refractivity contribution is 5.92. The number of imidazole rings is 2. The van der Waals surface area contributed by atoms with Crippen LogP contribution in [0.1, 0.15) is 86.7 Å². The largest absolute Gasteiger partial charge is 0.464 e. The van der Waals surface area contributed by atoms with Crippen LogP contribution in [-0.2, 0) is 29.2 Å². The standard InChI is InChI=1S/C57H58N10O9/c1-32(2)47(62-54(70)72-6)51(68)66-31-57(74-24-25-75-57)29-45(66)50-59-39-22-18-35(26-41(39)60-50)40-28-44-38-21-17-36(27-46(38)76-53(67(44)64-40)34-15-19-37(20-16-34)56(3,4)5)42-30-58-49(61-42)43-14-11-23-65(43)52(69)48(63-55(71)73-7)33-12-9-8-10-13-33/h8-23,26-28,30,32,45,47-48,53H,24-25,29,31H2,1-7H3,(H,58,61)(H,59,60)(H,62,70)(H,63,71)/t45-,47-,48-,53-/m0/s1. The molecule has 7 heterocycles. The van der Waals surface area contributed by atoms with Crippen LogP contribution in [0.2, 0.25) is 0 Å².